The molecular formula is C15H9Cl2F2NO2. The van der Waals surface area contributed by atoms with Crippen molar-refractivity contribution in [3.05, 3.63) is 69.2 Å². The van der Waals surface area contributed by atoms with Gasteiger partial charge in [-0.05, 0) is 43.3 Å². The molecule has 0 radical (unpaired) electrons. The molecule has 0 spiro atoms. The second-order valence-corrected chi connectivity index (χ2v) is 5.13. The van der Waals surface area contributed by atoms with Crippen LogP contribution in [0.5, 0.6) is 0 Å². The summed E-state index contributed by atoms with van der Waals surface area (Å²) in [7, 11) is 0. The van der Waals surface area contributed by atoms with Crippen molar-refractivity contribution in [2.24, 2.45) is 5.16 Å². The van der Waals surface area contributed by atoms with E-state index in [1.807, 2.05) is 0 Å². The lowest BCUT2D eigenvalue weighted by Crippen LogP contribution is -2.04. The topological polar surface area (TPSA) is 38.7 Å². The Bertz CT molecular complexity index is 763. The van der Waals surface area contributed by atoms with Crippen LogP contribution in [0.1, 0.15) is 22.8 Å². The number of benzene rings is 2. The molecule has 0 atom stereocenters. The third-order valence-electron chi connectivity index (χ3n) is 2.76. The molecule has 0 amide bonds. The monoisotopic (exact) mass is 343 g/mol. The standard InChI is InChI=1S/C15H9Cl2F2NO2/c1-8(9-3-5-13(18)14(19)7-9)20-22-15(21)10-2-4-11(16)12(17)6-10/h2-7H,1H3/b20-8-. The van der Waals surface area contributed by atoms with Crippen LogP contribution in [-0.2, 0) is 4.84 Å². The zero-order valence-corrected chi connectivity index (χ0v) is 12.8. The number of halogens is 4. The molecule has 0 heterocycles. The minimum Gasteiger partial charge on any atom is -0.313 e. The second kappa shape index (κ2) is 6.85. The Morgan fingerprint density at radius 1 is 1.00 bits per heavy atom. The molecule has 0 aliphatic carbocycles. The molecule has 0 bridgehead atoms. The number of hydrogen-bond donors (Lipinski definition) is 0. The summed E-state index contributed by atoms with van der Waals surface area (Å²) in [5.41, 5.74) is 0.671. The molecule has 0 fully saturated rings. The predicted molar refractivity (Wildman–Crippen MR) is 80.4 cm³/mol. The van der Waals surface area contributed by atoms with Crippen LogP contribution in [0.2, 0.25) is 10.0 Å². The van der Waals surface area contributed by atoms with Gasteiger partial charge in [0.05, 0.1) is 21.3 Å². The lowest BCUT2D eigenvalue weighted by atomic mass is 10.1. The third-order valence-corrected chi connectivity index (χ3v) is 3.50. The maximum Gasteiger partial charge on any atom is 0.365 e. The summed E-state index contributed by atoms with van der Waals surface area (Å²) < 4.78 is 26.0. The summed E-state index contributed by atoms with van der Waals surface area (Å²) in [5.74, 6) is -2.73. The van der Waals surface area contributed by atoms with Gasteiger partial charge in [0, 0.05) is 5.56 Å². The Morgan fingerprint density at radius 2 is 1.68 bits per heavy atom. The van der Waals surface area contributed by atoms with E-state index in [1.54, 1.807) is 0 Å². The van der Waals surface area contributed by atoms with E-state index in [0.29, 0.717) is 10.6 Å². The first-order chi connectivity index (χ1) is 10.4. The quantitative estimate of drug-likeness (QED) is 0.453. The molecule has 2 rings (SSSR count). The number of hydrogen-bond acceptors (Lipinski definition) is 3. The van der Waals surface area contributed by atoms with Crippen LogP contribution in [0.15, 0.2) is 41.6 Å². The van der Waals surface area contributed by atoms with Crippen molar-refractivity contribution in [3.63, 3.8) is 0 Å². The Morgan fingerprint density at radius 3 is 2.32 bits per heavy atom. The first kappa shape index (κ1) is 16.4. The molecule has 2 aromatic rings. The van der Waals surface area contributed by atoms with Crippen molar-refractivity contribution in [2.75, 3.05) is 0 Å². The Kier molecular flexibility index (Phi) is 5.11. The average Bonchev–Trinajstić information content (AvgIpc) is 2.50. The maximum absolute atomic E-state index is 13.1. The van der Waals surface area contributed by atoms with Crippen molar-refractivity contribution in [1.29, 1.82) is 0 Å². The number of carbonyl (C=O) groups excluding carboxylic acids is 1. The molecule has 0 saturated carbocycles. The molecule has 114 valence electrons. The molecule has 3 nitrogen and oxygen atoms in total. The minimum atomic E-state index is -1.01. The van der Waals surface area contributed by atoms with Gasteiger partial charge in [0.25, 0.3) is 0 Å². The predicted octanol–water partition coefficient (Wildman–Crippen LogP) is 4.85. The van der Waals surface area contributed by atoms with Gasteiger partial charge in [0.2, 0.25) is 0 Å². The highest BCUT2D eigenvalue weighted by Gasteiger charge is 2.11. The normalized spacial score (nSPS) is 11.4. The molecule has 22 heavy (non-hydrogen) atoms. The number of oxime groups is 1. The van der Waals surface area contributed by atoms with Gasteiger partial charge >= 0.3 is 5.97 Å². The van der Waals surface area contributed by atoms with Crippen LogP contribution in [0.25, 0.3) is 0 Å². The highest BCUT2D eigenvalue weighted by atomic mass is 35.5. The molecule has 0 aromatic heterocycles. The first-order valence-electron chi connectivity index (χ1n) is 6.05. The summed E-state index contributed by atoms with van der Waals surface area (Å²) in [6.45, 7) is 1.49. The maximum atomic E-state index is 13.1. The van der Waals surface area contributed by atoms with Crippen LogP contribution < -0.4 is 0 Å². The van der Waals surface area contributed by atoms with Gasteiger partial charge in [0.1, 0.15) is 0 Å². The molecule has 0 aliphatic rings. The van der Waals surface area contributed by atoms with Crippen LogP contribution in [0, 0.1) is 11.6 Å². The van der Waals surface area contributed by atoms with Gasteiger partial charge in [-0.2, -0.15) is 0 Å². The van der Waals surface area contributed by atoms with E-state index in [0.717, 1.165) is 12.1 Å². The molecule has 0 N–H and O–H groups in total. The first-order valence-corrected chi connectivity index (χ1v) is 6.80. The summed E-state index contributed by atoms with van der Waals surface area (Å²) >= 11 is 11.5. The fourth-order valence-corrected chi connectivity index (χ4v) is 1.86. The summed E-state index contributed by atoms with van der Waals surface area (Å²) in [4.78, 5) is 16.5. The number of nitrogens with zero attached hydrogens (tertiary/aromatic N) is 1. The fourth-order valence-electron chi connectivity index (χ4n) is 1.56. The highest BCUT2D eigenvalue weighted by Crippen LogP contribution is 2.23. The van der Waals surface area contributed by atoms with Crippen molar-refractivity contribution in [3.8, 4) is 0 Å². The van der Waals surface area contributed by atoms with E-state index in [1.165, 1.54) is 31.2 Å². The fraction of sp³-hybridized carbons (Fsp3) is 0.0667. The molecule has 0 saturated heterocycles. The van der Waals surface area contributed by atoms with E-state index in [9.17, 15) is 13.6 Å². The van der Waals surface area contributed by atoms with Crippen LogP contribution in [0.4, 0.5) is 8.78 Å². The number of carbonyl (C=O) groups is 1. The van der Waals surface area contributed by atoms with Crippen LogP contribution in [0.3, 0.4) is 0 Å². The Labute approximate surface area is 135 Å². The Hall–Kier alpha value is -1.98. The van der Waals surface area contributed by atoms with Gasteiger partial charge in [-0.3, -0.25) is 0 Å². The number of rotatable bonds is 3. The molecule has 0 unspecified atom stereocenters. The molecule has 2 aromatic carbocycles. The van der Waals surface area contributed by atoms with Crippen molar-refractivity contribution < 1.29 is 18.4 Å². The average molecular weight is 344 g/mol. The molecule has 7 heteroatoms. The van der Waals surface area contributed by atoms with E-state index in [4.69, 9.17) is 28.0 Å². The molecule has 0 aliphatic heterocycles. The van der Waals surface area contributed by atoms with E-state index in [2.05, 4.69) is 5.16 Å². The van der Waals surface area contributed by atoms with Crippen molar-refractivity contribution in [2.45, 2.75) is 6.92 Å². The SMILES string of the molecule is C/C(=N/OC(=O)c1ccc(Cl)c(Cl)c1)c1ccc(F)c(F)c1. The highest BCUT2D eigenvalue weighted by molar-refractivity contribution is 6.42. The Balaban J connectivity index is 2.14. The van der Waals surface area contributed by atoms with Crippen molar-refractivity contribution >= 4 is 34.9 Å². The van der Waals surface area contributed by atoms with E-state index < -0.39 is 17.6 Å². The van der Waals surface area contributed by atoms with Gasteiger partial charge in [-0.15, -0.1) is 0 Å². The largest absolute Gasteiger partial charge is 0.365 e. The van der Waals surface area contributed by atoms with E-state index >= 15 is 0 Å². The van der Waals surface area contributed by atoms with Gasteiger partial charge in [-0.25, -0.2) is 13.6 Å². The smallest absolute Gasteiger partial charge is 0.313 e. The zero-order valence-electron chi connectivity index (χ0n) is 11.2. The minimum absolute atomic E-state index is 0.163. The van der Waals surface area contributed by atoms with Crippen molar-refractivity contribution in [1.82, 2.24) is 0 Å². The van der Waals surface area contributed by atoms with Crippen LogP contribution in [-0.4, -0.2) is 11.7 Å². The van der Waals surface area contributed by atoms with Gasteiger partial charge < -0.3 is 4.84 Å². The lowest BCUT2D eigenvalue weighted by Gasteiger charge is -2.03. The van der Waals surface area contributed by atoms with E-state index in [-0.39, 0.29) is 16.3 Å². The zero-order chi connectivity index (χ0) is 16.3. The summed E-state index contributed by atoms with van der Waals surface area (Å²) in [6.07, 6.45) is 0. The molecular weight excluding hydrogens is 335 g/mol. The second-order valence-electron chi connectivity index (χ2n) is 4.31. The lowest BCUT2D eigenvalue weighted by molar-refractivity contribution is 0.0516. The van der Waals surface area contributed by atoms with Gasteiger partial charge in [0.15, 0.2) is 11.6 Å². The van der Waals surface area contributed by atoms with Crippen LogP contribution >= 0.6 is 23.2 Å². The summed E-state index contributed by atoms with van der Waals surface area (Å²) in [5, 5.41) is 4.11. The third kappa shape index (κ3) is 3.81. The summed E-state index contributed by atoms with van der Waals surface area (Å²) in [6, 6.07) is 7.47. The van der Waals surface area contributed by atoms with Gasteiger partial charge in [-0.1, -0.05) is 28.4 Å².